The molecule has 1 aromatic rings. The van der Waals surface area contributed by atoms with Crippen LogP contribution in [0, 0.1) is 0 Å². The first-order chi connectivity index (χ1) is 7.18. The summed E-state index contributed by atoms with van der Waals surface area (Å²) in [5.41, 5.74) is 0.546. The number of rotatable bonds is 1. The van der Waals surface area contributed by atoms with Crippen LogP contribution in [-0.2, 0) is 4.84 Å². The molecule has 0 atom stereocenters. The van der Waals surface area contributed by atoms with E-state index in [1.165, 1.54) is 5.06 Å². The Balaban J connectivity index is 2.21. The Kier molecular flexibility index (Phi) is 3.29. The van der Waals surface area contributed by atoms with Gasteiger partial charge in [0.15, 0.2) is 0 Å². The largest absolute Gasteiger partial charge is 0.277 e. The van der Waals surface area contributed by atoms with Crippen LogP contribution in [0.1, 0.15) is 16.8 Å². The molecule has 0 aliphatic carbocycles. The monoisotopic (exact) mass is 289 g/mol. The molecule has 0 aromatic heterocycles. The fourth-order valence-electron chi connectivity index (χ4n) is 1.38. The summed E-state index contributed by atoms with van der Waals surface area (Å²) in [4.78, 5) is 17.0. The van der Waals surface area contributed by atoms with E-state index < -0.39 is 0 Å². The highest BCUT2D eigenvalue weighted by molar-refractivity contribution is 9.10. The van der Waals surface area contributed by atoms with E-state index >= 15 is 0 Å². The van der Waals surface area contributed by atoms with Crippen molar-refractivity contribution in [2.24, 2.45) is 0 Å². The Morgan fingerprint density at radius 3 is 2.93 bits per heavy atom. The molecule has 15 heavy (non-hydrogen) atoms. The summed E-state index contributed by atoms with van der Waals surface area (Å²) in [5.74, 6) is -0.137. The minimum atomic E-state index is -0.137. The minimum Gasteiger partial charge on any atom is -0.271 e. The highest BCUT2D eigenvalue weighted by Gasteiger charge is 2.21. The molecule has 1 heterocycles. The van der Waals surface area contributed by atoms with Gasteiger partial charge >= 0.3 is 0 Å². The first kappa shape index (κ1) is 10.9. The van der Waals surface area contributed by atoms with Crippen molar-refractivity contribution in [1.82, 2.24) is 5.06 Å². The lowest BCUT2D eigenvalue weighted by molar-refractivity contribution is -0.0768. The second-order valence-electron chi connectivity index (χ2n) is 3.22. The lowest BCUT2D eigenvalue weighted by atomic mass is 10.2. The lowest BCUT2D eigenvalue weighted by Crippen LogP contribution is -2.26. The van der Waals surface area contributed by atoms with Crippen molar-refractivity contribution < 1.29 is 9.63 Å². The number of hydrogen-bond acceptors (Lipinski definition) is 2. The first-order valence-corrected chi connectivity index (χ1v) is 5.75. The molecule has 1 amide bonds. The van der Waals surface area contributed by atoms with Gasteiger partial charge in [0.1, 0.15) is 0 Å². The van der Waals surface area contributed by atoms with E-state index in [1.807, 2.05) is 0 Å². The Labute approximate surface area is 101 Å². The number of hydroxylamine groups is 2. The van der Waals surface area contributed by atoms with Crippen LogP contribution in [-0.4, -0.2) is 24.1 Å². The SMILES string of the molecule is O=C(c1ccc(Br)c(Cl)c1)N1CCCO1. The van der Waals surface area contributed by atoms with Gasteiger partial charge in [-0.3, -0.25) is 9.63 Å². The van der Waals surface area contributed by atoms with Gasteiger partial charge in [-0.1, -0.05) is 11.6 Å². The Morgan fingerprint density at radius 1 is 1.53 bits per heavy atom. The molecule has 1 aliphatic rings. The van der Waals surface area contributed by atoms with Gasteiger partial charge in [-0.15, -0.1) is 0 Å². The second-order valence-corrected chi connectivity index (χ2v) is 4.48. The molecule has 1 fully saturated rings. The fraction of sp³-hybridized carbons (Fsp3) is 0.300. The maximum atomic E-state index is 11.8. The van der Waals surface area contributed by atoms with Crippen molar-refractivity contribution in [2.45, 2.75) is 6.42 Å². The summed E-state index contributed by atoms with van der Waals surface area (Å²) in [6.45, 7) is 1.25. The molecule has 80 valence electrons. The zero-order valence-electron chi connectivity index (χ0n) is 7.87. The van der Waals surface area contributed by atoms with Crippen LogP contribution in [0.2, 0.25) is 5.02 Å². The van der Waals surface area contributed by atoms with Gasteiger partial charge in [0.2, 0.25) is 0 Å². The number of nitrogens with zero attached hydrogens (tertiary/aromatic N) is 1. The van der Waals surface area contributed by atoms with Crippen molar-refractivity contribution in [3.63, 3.8) is 0 Å². The zero-order chi connectivity index (χ0) is 10.8. The standard InChI is InChI=1S/C10H9BrClNO2/c11-8-3-2-7(6-9(8)12)10(14)13-4-1-5-15-13/h2-3,6H,1,4-5H2. The molecular formula is C10H9BrClNO2. The summed E-state index contributed by atoms with van der Waals surface area (Å²) >= 11 is 9.18. The third-order valence-electron chi connectivity index (χ3n) is 2.15. The van der Waals surface area contributed by atoms with Crippen molar-refractivity contribution in [2.75, 3.05) is 13.2 Å². The number of carbonyl (C=O) groups is 1. The fourth-order valence-corrected chi connectivity index (χ4v) is 1.81. The number of amides is 1. The molecule has 0 saturated carbocycles. The number of carbonyl (C=O) groups excluding carboxylic acids is 1. The van der Waals surface area contributed by atoms with Crippen LogP contribution < -0.4 is 0 Å². The summed E-state index contributed by atoms with van der Waals surface area (Å²) in [7, 11) is 0. The van der Waals surface area contributed by atoms with Crippen LogP contribution in [0.3, 0.4) is 0 Å². The van der Waals surface area contributed by atoms with E-state index in [2.05, 4.69) is 15.9 Å². The van der Waals surface area contributed by atoms with Crippen molar-refractivity contribution >= 4 is 33.4 Å². The van der Waals surface area contributed by atoms with E-state index in [9.17, 15) is 4.79 Å². The molecular weight excluding hydrogens is 281 g/mol. The molecule has 1 saturated heterocycles. The third-order valence-corrected chi connectivity index (χ3v) is 3.38. The average Bonchev–Trinajstić information content (AvgIpc) is 2.74. The topological polar surface area (TPSA) is 29.5 Å². The zero-order valence-corrected chi connectivity index (χ0v) is 10.2. The quantitative estimate of drug-likeness (QED) is 0.796. The van der Waals surface area contributed by atoms with Crippen LogP contribution in [0.4, 0.5) is 0 Å². The predicted octanol–water partition coefficient (Wildman–Crippen LogP) is 2.88. The molecule has 3 nitrogen and oxygen atoms in total. The van der Waals surface area contributed by atoms with Gasteiger partial charge in [0, 0.05) is 10.0 Å². The van der Waals surface area contributed by atoms with Crippen molar-refractivity contribution in [1.29, 1.82) is 0 Å². The van der Waals surface area contributed by atoms with E-state index in [0.29, 0.717) is 23.7 Å². The lowest BCUT2D eigenvalue weighted by Gasteiger charge is -2.13. The summed E-state index contributed by atoms with van der Waals surface area (Å²) in [5, 5.41) is 1.90. The van der Waals surface area contributed by atoms with E-state index in [0.717, 1.165) is 10.9 Å². The van der Waals surface area contributed by atoms with Gasteiger partial charge in [-0.05, 0) is 40.5 Å². The Hall–Kier alpha value is -0.580. The Bertz CT molecular complexity index is 391. The highest BCUT2D eigenvalue weighted by atomic mass is 79.9. The normalized spacial score (nSPS) is 15.7. The number of hydrogen-bond donors (Lipinski definition) is 0. The average molecular weight is 291 g/mol. The van der Waals surface area contributed by atoms with Crippen molar-refractivity contribution in [3.8, 4) is 0 Å². The molecule has 0 bridgehead atoms. The number of benzene rings is 1. The van der Waals surface area contributed by atoms with Gasteiger partial charge in [-0.2, -0.15) is 0 Å². The van der Waals surface area contributed by atoms with Crippen LogP contribution in [0.15, 0.2) is 22.7 Å². The van der Waals surface area contributed by atoms with Gasteiger partial charge in [0.25, 0.3) is 5.91 Å². The van der Waals surface area contributed by atoms with E-state index in [-0.39, 0.29) is 5.91 Å². The molecule has 0 radical (unpaired) electrons. The molecule has 0 unspecified atom stereocenters. The molecule has 2 rings (SSSR count). The van der Waals surface area contributed by atoms with Gasteiger partial charge < -0.3 is 0 Å². The van der Waals surface area contributed by atoms with E-state index in [4.69, 9.17) is 16.4 Å². The second kappa shape index (κ2) is 4.51. The summed E-state index contributed by atoms with van der Waals surface area (Å²) in [6.07, 6.45) is 0.885. The predicted molar refractivity (Wildman–Crippen MR) is 60.8 cm³/mol. The Morgan fingerprint density at radius 2 is 2.33 bits per heavy atom. The minimum absolute atomic E-state index is 0.137. The van der Waals surface area contributed by atoms with Gasteiger partial charge in [0.05, 0.1) is 18.2 Å². The molecule has 1 aliphatic heterocycles. The van der Waals surface area contributed by atoms with E-state index in [1.54, 1.807) is 18.2 Å². The summed E-state index contributed by atoms with van der Waals surface area (Å²) < 4.78 is 0.781. The smallest absolute Gasteiger partial charge is 0.271 e. The molecule has 0 spiro atoms. The van der Waals surface area contributed by atoms with Crippen LogP contribution in [0.5, 0.6) is 0 Å². The number of halogens is 2. The van der Waals surface area contributed by atoms with Crippen molar-refractivity contribution in [3.05, 3.63) is 33.3 Å². The maximum Gasteiger partial charge on any atom is 0.277 e. The van der Waals surface area contributed by atoms with Crippen LogP contribution >= 0.6 is 27.5 Å². The first-order valence-electron chi connectivity index (χ1n) is 4.58. The van der Waals surface area contributed by atoms with Crippen LogP contribution in [0.25, 0.3) is 0 Å². The third kappa shape index (κ3) is 2.33. The molecule has 5 heteroatoms. The maximum absolute atomic E-state index is 11.8. The molecule has 0 N–H and O–H groups in total. The highest BCUT2D eigenvalue weighted by Crippen LogP contribution is 2.24. The molecule has 1 aromatic carbocycles. The summed E-state index contributed by atoms with van der Waals surface area (Å²) in [6, 6.07) is 5.11. The van der Waals surface area contributed by atoms with Gasteiger partial charge in [-0.25, -0.2) is 5.06 Å².